The summed E-state index contributed by atoms with van der Waals surface area (Å²) >= 11 is 0. The molecule has 1 fully saturated rings. The quantitative estimate of drug-likeness (QED) is 0.718. The van der Waals surface area contributed by atoms with E-state index in [4.69, 9.17) is 4.74 Å². The Kier molecular flexibility index (Phi) is 7.40. The Labute approximate surface area is 140 Å². The fourth-order valence-corrected chi connectivity index (χ4v) is 3.04. The first-order chi connectivity index (χ1) is 11.2. The van der Waals surface area contributed by atoms with Gasteiger partial charge >= 0.3 is 6.03 Å². The molecule has 128 valence electrons. The van der Waals surface area contributed by atoms with Crippen LogP contribution in [0.15, 0.2) is 24.3 Å². The predicted octanol–water partition coefficient (Wildman–Crippen LogP) is 4.67. The smallest absolute Gasteiger partial charge is 0.319 e. The Bertz CT molecular complexity index is 482. The minimum absolute atomic E-state index is 0.143. The minimum Gasteiger partial charge on any atom is -0.378 e. The molecule has 4 heteroatoms. The van der Waals surface area contributed by atoms with Gasteiger partial charge in [0.2, 0.25) is 0 Å². The van der Waals surface area contributed by atoms with Crippen molar-refractivity contribution >= 4 is 11.7 Å². The molecule has 0 spiro atoms. The number of hydrogen-bond acceptors (Lipinski definition) is 2. The number of carbonyl (C=O) groups excluding carboxylic acids is 1. The van der Waals surface area contributed by atoms with E-state index in [1.807, 2.05) is 18.2 Å². The first-order valence-electron chi connectivity index (χ1n) is 8.92. The van der Waals surface area contributed by atoms with Gasteiger partial charge in [-0.1, -0.05) is 51.3 Å². The van der Waals surface area contributed by atoms with Crippen LogP contribution in [-0.4, -0.2) is 25.3 Å². The largest absolute Gasteiger partial charge is 0.378 e. The van der Waals surface area contributed by atoms with Gasteiger partial charge in [0.15, 0.2) is 0 Å². The van der Waals surface area contributed by atoms with Gasteiger partial charge in [-0.05, 0) is 36.8 Å². The van der Waals surface area contributed by atoms with E-state index in [1.165, 1.54) is 32.1 Å². The third-order valence-electron chi connectivity index (χ3n) is 4.34. The number of para-hydroxylation sites is 1. The van der Waals surface area contributed by atoms with Gasteiger partial charge in [0.25, 0.3) is 0 Å². The molecule has 2 N–H and O–H groups in total. The summed E-state index contributed by atoms with van der Waals surface area (Å²) in [4.78, 5) is 12.0. The van der Waals surface area contributed by atoms with Crippen molar-refractivity contribution in [1.29, 1.82) is 0 Å². The summed E-state index contributed by atoms with van der Waals surface area (Å²) in [6.45, 7) is 5.62. The summed E-state index contributed by atoms with van der Waals surface area (Å²) in [5.74, 6) is 0.385. The summed E-state index contributed by atoms with van der Waals surface area (Å²) in [6.07, 6.45) is 7.62. The van der Waals surface area contributed by atoms with Gasteiger partial charge in [-0.2, -0.15) is 0 Å². The lowest BCUT2D eigenvalue weighted by Gasteiger charge is -2.22. The lowest BCUT2D eigenvalue weighted by molar-refractivity contribution is 0.0276. The summed E-state index contributed by atoms with van der Waals surface area (Å²) < 4.78 is 5.86. The number of urea groups is 1. The maximum Gasteiger partial charge on any atom is 0.319 e. The average Bonchev–Trinajstić information content (AvgIpc) is 2.56. The van der Waals surface area contributed by atoms with Gasteiger partial charge < -0.3 is 15.4 Å². The molecular weight excluding hydrogens is 288 g/mol. The predicted molar refractivity (Wildman–Crippen MR) is 95.0 cm³/mol. The topological polar surface area (TPSA) is 50.4 Å². The van der Waals surface area contributed by atoms with Crippen molar-refractivity contribution in [1.82, 2.24) is 5.32 Å². The van der Waals surface area contributed by atoms with Crippen molar-refractivity contribution in [2.45, 2.75) is 64.4 Å². The summed E-state index contributed by atoms with van der Waals surface area (Å²) in [5, 5.41) is 5.85. The van der Waals surface area contributed by atoms with Gasteiger partial charge in [-0.3, -0.25) is 0 Å². The van der Waals surface area contributed by atoms with Crippen LogP contribution < -0.4 is 10.6 Å². The molecule has 1 saturated carbocycles. The molecular formula is C19H30N2O2. The summed E-state index contributed by atoms with van der Waals surface area (Å²) in [6, 6.07) is 7.80. The van der Waals surface area contributed by atoms with Crippen molar-refractivity contribution in [3.8, 4) is 0 Å². The molecule has 2 rings (SSSR count). The van der Waals surface area contributed by atoms with Gasteiger partial charge in [-0.15, -0.1) is 0 Å². The Morgan fingerprint density at radius 3 is 2.70 bits per heavy atom. The van der Waals surface area contributed by atoms with Gasteiger partial charge in [0.1, 0.15) is 0 Å². The second-order valence-electron chi connectivity index (χ2n) is 6.61. The van der Waals surface area contributed by atoms with Crippen LogP contribution in [0.1, 0.15) is 63.9 Å². The zero-order valence-electron chi connectivity index (χ0n) is 14.4. The lowest BCUT2D eigenvalue weighted by Crippen LogP contribution is -2.30. The number of anilines is 1. The van der Waals surface area contributed by atoms with E-state index in [0.717, 1.165) is 24.3 Å². The highest BCUT2D eigenvalue weighted by atomic mass is 16.5. The number of hydrogen-bond donors (Lipinski definition) is 2. The highest BCUT2D eigenvalue weighted by molar-refractivity contribution is 5.90. The number of benzene rings is 1. The SMILES string of the molecule is CC(C)c1ccccc1NC(=O)NCCCOC1CCCCC1. The van der Waals surface area contributed by atoms with Crippen molar-refractivity contribution in [2.75, 3.05) is 18.5 Å². The molecule has 4 nitrogen and oxygen atoms in total. The van der Waals surface area contributed by atoms with Crippen LogP contribution in [0.3, 0.4) is 0 Å². The molecule has 0 aromatic heterocycles. The molecule has 0 radical (unpaired) electrons. The molecule has 1 aliphatic rings. The van der Waals surface area contributed by atoms with E-state index in [0.29, 0.717) is 18.6 Å². The van der Waals surface area contributed by atoms with E-state index in [2.05, 4.69) is 30.5 Å². The third kappa shape index (κ3) is 6.22. The molecule has 0 heterocycles. The van der Waals surface area contributed by atoms with Crippen LogP contribution >= 0.6 is 0 Å². The Balaban J connectivity index is 1.63. The molecule has 0 bridgehead atoms. The maximum atomic E-state index is 12.0. The van der Waals surface area contributed by atoms with E-state index in [9.17, 15) is 4.79 Å². The Hall–Kier alpha value is -1.55. The Morgan fingerprint density at radius 1 is 1.22 bits per heavy atom. The van der Waals surface area contributed by atoms with Crippen LogP contribution in [0.5, 0.6) is 0 Å². The summed E-state index contributed by atoms with van der Waals surface area (Å²) in [5.41, 5.74) is 2.04. The van der Waals surface area contributed by atoms with Crippen molar-refractivity contribution in [2.24, 2.45) is 0 Å². The molecule has 0 aliphatic heterocycles. The molecule has 1 aromatic rings. The Morgan fingerprint density at radius 2 is 1.96 bits per heavy atom. The normalized spacial score (nSPS) is 15.6. The molecule has 2 amide bonds. The fraction of sp³-hybridized carbons (Fsp3) is 0.632. The molecule has 1 aliphatic carbocycles. The first kappa shape index (κ1) is 17.8. The minimum atomic E-state index is -0.143. The number of rotatable bonds is 7. The van der Waals surface area contributed by atoms with Crippen molar-refractivity contribution in [3.05, 3.63) is 29.8 Å². The third-order valence-corrected chi connectivity index (χ3v) is 4.34. The first-order valence-corrected chi connectivity index (χ1v) is 8.92. The van der Waals surface area contributed by atoms with Gasteiger partial charge in [-0.25, -0.2) is 4.79 Å². The molecule has 1 aromatic carbocycles. The van der Waals surface area contributed by atoms with Crippen LogP contribution in [-0.2, 0) is 4.74 Å². The monoisotopic (exact) mass is 318 g/mol. The number of nitrogens with one attached hydrogen (secondary N) is 2. The second kappa shape index (κ2) is 9.56. The molecule has 0 saturated heterocycles. The lowest BCUT2D eigenvalue weighted by atomic mass is 9.98. The van der Waals surface area contributed by atoms with E-state index >= 15 is 0 Å². The number of amides is 2. The zero-order chi connectivity index (χ0) is 16.5. The average molecular weight is 318 g/mol. The van der Waals surface area contributed by atoms with Crippen molar-refractivity contribution < 1.29 is 9.53 Å². The maximum absolute atomic E-state index is 12.0. The summed E-state index contributed by atoms with van der Waals surface area (Å²) in [7, 11) is 0. The van der Waals surface area contributed by atoms with E-state index in [-0.39, 0.29) is 6.03 Å². The van der Waals surface area contributed by atoms with Crippen LogP contribution in [0.2, 0.25) is 0 Å². The zero-order valence-corrected chi connectivity index (χ0v) is 14.4. The standard InChI is InChI=1S/C19H30N2O2/c1-15(2)17-11-6-7-12-18(17)21-19(22)20-13-8-14-23-16-9-4-3-5-10-16/h6-7,11-12,15-16H,3-5,8-10,13-14H2,1-2H3,(H2,20,21,22). The highest BCUT2D eigenvalue weighted by Gasteiger charge is 2.13. The fourth-order valence-electron chi connectivity index (χ4n) is 3.04. The molecule has 23 heavy (non-hydrogen) atoms. The highest BCUT2D eigenvalue weighted by Crippen LogP contribution is 2.23. The van der Waals surface area contributed by atoms with Crippen LogP contribution in [0.4, 0.5) is 10.5 Å². The van der Waals surface area contributed by atoms with Gasteiger partial charge in [0, 0.05) is 18.8 Å². The van der Waals surface area contributed by atoms with E-state index in [1.54, 1.807) is 0 Å². The van der Waals surface area contributed by atoms with Crippen LogP contribution in [0.25, 0.3) is 0 Å². The van der Waals surface area contributed by atoms with Crippen LogP contribution in [0, 0.1) is 0 Å². The molecule has 0 atom stereocenters. The number of carbonyl (C=O) groups is 1. The second-order valence-corrected chi connectivity index (χ2v) is 6.61. The number of ether oxygens (including phenoxy) is 1. The van der Waals surface area contributed by atoms with E-state index < -0.39 is 0 Å². The van der Waals surface area contributed by atoms with Crippen molar-refractivity contribution in [3.63, 3.8) is 0 Å². The van der Waals surface area contributed by atoms with Gasteiger partial charge in [0.05, 0.1) is 6.10 Å². The molecule has 0 unspecified atom stereocenters.